The summed E-state index contributed by atoms with van der Waals surface area (Å²) in [6.07, 6.45) is 2.33. The number of amides is 1. The molecule has 2 aromatic heterocycles. The monoisotopic (exact) mass is 482 g/mol. The number of pyridine rings is 1. The highest BCUT2D eigenvalue weighted by Gasteiger charge is 2.32. The number of thioether (sulfide) groups is 1. The second-order valence-corrected chi connectivity index (χ2v) is 8.92. The number of nitrogens with zero attached hydrogens (tertiary/aromatic N) is 3. The van der Waals surface area contributed by atoms with Crippen LogP contribution in [-0.4, -0.2) is 56.4 Å². The fraction of sp³-hybridized carbons (Fsp3) is 0.217. The van der Waals surface area contributed by atoms with Gasteiger partial charge >= 0.3 is 0 Å². The van der Waals surface area contributed by atoms with E-state index in [1.165, 1.54) is 15.4 Å². The lowest BCUT2D eigenvalue weighted by Crippen LogP contribution is -2.31. The summed E-state index contributed by atoms with van der Waals surface area (Å²) >= 11 is 6.46. The lowest BCUT2D eigenvalue weighted by molar-refractivity contribution is -0.122. The summed E-state index contributed by atoms with van der Waals surface area (Å²) in [5, 5.41) is 13.6. The van der Waals surface area contributed by atoms with Crippen LogP contribution < -0.4 is 10.9 Å². The van der Waals surface area contributed by atoms with Crippen molar-refractivity contribution in [1.29, 1.82) is 0 Å². The van der Waals surface area contributed by atoms with Gasteiger partial charge in [0.25, 0.3) is 11.5 Å². The van der Waals surface area contributed by atoms with Crippen LogP contribution >= 0.6 is 24.0 Å². The molecule has 4 rings (SSSR count). The van der Waals surface area contributed by atoms with E-state index in [-0.39, 0.29) is 29.4 Å². The molecule has 1 unspecified atom stereocenters. The van der Waals surface area contributed by atoms with Gasteiger partial charge in [-0.1, -0.05) is 60.4 Å². The van der Waals surface area contributed by atoms with Crippen molar-refractivity contribution in [2.24, 2.45) is 0 Å². The van der Waals surface area contributed by atoms with E-state index in [1.54, 1.807) is 31.5 Å². The van der Waals surface area contributed by atoms with Crippen molar-refractivity contribution in [1.82, 2.24) is 14.3 Å². The maximum Gasteiger partial charge on any atom is 0.267 e. The van der Waals surface area contributed by atoms with Gasteiger partial charge in [-0.15, -0.1) is 0 Å². The first-order valence-corrected chi connectivity index (χ1v) is 11.4. The number of aliphatic hydroxyl groups is 1. The number of nitrogens with one attached hydrogen (secondary N) is 1. The summed E-state index contributed by atoms with van der Waals surface area (Å²) in [5.74, 6) is -0.00165. The highest BCUT2D eigenvalue weighted by atomic mass is 32.2. The number of hydrogen-bond donors (Lipinski definition) is 2. The summed E-state index contributed by atoms with van der Waals surface area (Å²) < 4.78 is 6.87. The largest absolute Gasteiger partial charge is 0.387 e. The summed E-state index contributed by atoms with van der Waals surface area (Å²) in [6, 6.07) is 14.4. The number of benzene rings is 1. The van der Waals surface area contributed by atoms with Gasteiger partial charge in [0.15, 0.2) is 0 Å². The van der Waals surface area contributed by atoms with Crippen LogP contribution in [0.3, 0.4) is 0 Å². The molecule has 170 valence electrons. The molecule has 2 N–H and O–H groups in total. The molecule has 0 spiro atoms. The molecule has 1 aliphatic rings. The zero-order valence-electron chi connectivity index (χ0n) is 17.8. The van der Waals surface area contributed by atoms with Crippen molar-refractivity contribution in [2.45, 2.75) is 6.10 Å². The van der Waals surface area contributed by atoms with Gasteiger partial charge in [0.2, 0.25) is 0 Å². The average molecular weight is 483 g/mol. The van der Waals surface area contributed by atoms with Gasteiger partial charge in [-0.25, -0.2) is 4.98 Å². The highest BCUT2D eigenvalue weighted by molar-refractivity contribution is 8.26. The van der Waals surface area contributed by atoms with Gasteiger partial charge in [0.1, 0.15) is 15.8 Å². The molecule has 1 fully saturated rings. The molecular weight excluding hydrogens is 460 g/mol. The number of rotatable bonds is 8. The Kier molecular flexibility index (Phi) is 7.19. The molecule has 0 radical (unpaired) electrons. The van der Waals surface area contributed by atoms with E-state index in [1.807, 2.05) is 30.3 Å². The maximum absolute atomic E-state index is 13.3. The van der Waals surface area contributed by atoms with Gasteiger partial charge in [-0.3, -0.25) is 18.9 Å². The lowest BCUT2D eigenvalue weighted by atomic mass is 10.1. The Morgan fingerprint density at radius 3 is 2.73 bits per heavy atom. The number of carbonyl (C=O) groups is 1. The second kappa shape index (κ2) is 10.3. The Bertz CT molecular complexity index is 1280. The molecule has 1 atom stereocenters. The maximum atomic E-state index is 13.3. The third-order valence-electron chi connectivity index (χ3n) is 5.08. The fourth-order valence-corrected chi connectivity index (χ4v) is 4.65. The van der Waals surface area contributed by atoms with E-state index in [0.717, 1.165) is 17.3 Å². The van der Waals surface area contributed by atoms with Crippen LogP contribution in [0.5, 0.6) is 0 Å². The Morgan fingerprint density at radius 2 is 1.97 bits per heavy atom. The summed E-state index contributed by atoms with van der Waals surface area (Å²) in [4.78, 5) is 32.5. The summed E-state index contributed by atoms with van der Waals surface area (Å²) in [6.45, 7) is 0.820. The first-order valence-electron chi connectivity index (χ1n) is 10.2. The van der Waals surface area contributed by atoms with Crippen LogP contribution in [0.15, 0.2) is 64.4 Å². The van der Waals surface area contributed by atoms with E-state index >= 15 is 0 Å². The zero-order chi connectivity index (χ0) is 23.4. The van der Waals surface area contributed by atoms with Gasteiger partial charge in [-0.2, -0.15) is 0 Å². The van der Waals surface area contributed by atoms with Gasteiger partial charge in [0.05, 0.1) is 29.7 Å². The normalized spacial score (nSPS) is 16.1. The van der Waals surface area contributed by atoms with E-state index in [9.17, 15) is 14.7 Å². The van der Waals surface area contributed by atoms with Crippen LogP contribution in [0.25, 0.3) is 11.7 Å². The van der Waals surface area contributed by atoms with Crippen molar-refractivity contribution in [3.63, 3.8) is 0 Å². The molecule has 1 aliphatic heterocycles. The second-order valence-electron chi connectivity index (χ2n) is 7.24. The number of methoxy groups -OCH3 is 1. The SMILES string of the molecule is COCCN1C(=O)C(=Cc2c(NCC(O)c3ccccc3)nc3ccccn3c2=O)SC1=S. The van der Waals surface area contributed by atoms with Gasteiger partial charge in [0, 0.05) is 19.9 Å². The zero-order valence-corrected chi connectivity index (χ0v) is 19.4. The summed E-state index contributed by atoms with van der Waals surface area (Å²) in [7, 11) is 1.55. The molecule has 10 heteroatoms. The number of anilines is 1. The Hall–Kier alpha value is -3.05. The Morgan fingerprint density at radius 1 is 1.21 bits per heavy atom. The Labute approximate surface area is 199 Å². The quantitative estimate of drug-likeness (QED) is 0.374. The molecule has 1 amide bonds. The van der Waals surface area contributed by atoms with Crippen LogP contribution in [-0.2, 0) is 9.53 Å². The third kappa shape index (κ3) is 4.98. The molecule has 0 saturated carbocycles. The smallest absolute Gasteiger partial charge is 0.267 e. The lowest BCUT2D eigenvalue weighted by Gasteiger charge is -2.15. The molecule has 0 bridgehead atoms. The third-order valence-corrected chi connectivity index (χ3v) is 6.46. The number of carbonyl (C=O) groups excluding carboxylic acids is 1. The van der Waals surface area contributed by atoms with Crippen LogP contribution in [0.4, 0.5) is 5.82 Å². The number of fused-ring (bicyclic) bond motifs is 1. The number of ether oxygens (including phenoxy) is 1. The van der Waals surface area contributed by atoms with E-state index < -0.39 is 6.10 Å². The van der Waals surface area contributed by atoms with Crippen molar-refractivity contribution < 1.29 is 14.6 Å². The highest BCUT2D eigenvalue weighted by Crippen LogP contribution is 2.33. The number of aromatic nitrogens is 2. The molecule has 1 aromatic carbocycles. The number of thiocarbonyl (C=S) groups is 1. The summed E-state index contributed by atoms with van der Waals surface area (Å²) in [5.41, 5.74) is 1.07. The van der Waals surface area contributed by atoms with Crippen LogP contribution in [0.1, 0.15) is 17.2 Å². The number of aliphatic hydroxyl groups excluding tert-OH is 1. The van der Waals surface area contributed by atoms with Crippen molar-refractivity contribution in [3.05, 3.63) is 81.1 Å². The van der Waals surface area contributed by atoms with Crippen molar-refractivity contribution in [3.8, 4) is 0 Å². The van der Waals surface area contributed by atoms with Crippen molar-refractivity contribution in [2.75, 3.05) is 32.1 Å². The molecule has 3 aromatic rings. The molecular formula is C23H22N4O4S2. The average Bonchev–Trinajstić information content (AvgIpc) is 3.10. The van der Waals surface area contributed by atoms with E-state index in [0.29, 0.717) is 28.0 Å². The van der Waals surface area contributed by atoms with Gasteiger partial charge < -0.3 is 15.2 Å². The first kappa shape index (κ1) is 23.1. The molecule has 1 saturated heterocycles. The first-order chi connectivity index (χ1) is 16.0. The molecule has 33 heavy (non-hydrogen) atoms. The van der Waals surface area contributed by atoms with Crippen LogP contribution in [0.2, 0.25) is 0 Å². The van der Waals surface area contributed by atoms with E-state index in [4.69, 9.17) is 17.0 Å². The fourth-order valence-electron chi connectivity index (χ4n) is 3.36. The van der Waals surface area contributed by atoms with E-state index in [2.05, 4.69) is 10.3 Å². The topological polar surface area (TPSA) is 96.2 Å². The Balaban J connectivity index is 1.70. The van der Waals surface area contributed by atoms with Gasteiger partial charge in [-0.05, 0) is 23.8 Å². The van der Waals surface area contributed by atoms with Crippen LogP contribution in [0, 0.1) is 0 Å². The standard InChI is InChI=1S/C23H22N4O4S2/c1-31-12-11-27-22(30)18(33-23(27)32)13-16-20(24-14-17(28)15-7-3-2-4-8-15)25-19-9-5-6-10-26(19)21(16)29/h2-10,13,17,24,28H,11-12,14H2,1H3. The molecule has 8 nitrogen and oxygen atoms in total. The molecule has 3 heterocycles. The predicted octanol–water partition coefficient (Wildman–Crippen LogP) is 2.69. The minimum atomic E-state index is -0.803. The van der Waals surface area contributed by atoms with Crippen molar-refractivity contribution >= 4 is 51.7 Å². The predicted molar refractivity (Wildman–Crippen MR) is 133 cm³/mol. The molecule has 0 aliphatic carbocycles. The minimum Gasteiger partial charge on any atom is -0.387 e. The minimum absolute atomic E-state index is 0.134. The number of hydrogen-bond acceptors (Lipinski definition) is 8.